The van der Waals surface area contributed by atoms with Crippen LogP contribution in [0.1, 0.15) is 21.6 Å². The van der Waals surface area contributed by atoms with E-state index >= 15 is 0 Å². The molecule has 4 N–H and O–H groups in total. The van der Waals surface area contributed by atoms with Crippen LogP contribution in [0.2, 0.25) is 0 Å². The van der Waals surface area contributed by atoms with Crippen LogP contribution in [-0.4, -0.2) is 58.7 Å². The van der Waals surface area contributed by atoms with E-state index in [1.165, 1.54) is 4.90 Å². The fraction of sp³-hybridized carbons (Fsp3) is 0.107. The number of fused-ring (bicyclic) bond motifs is 2. The number of para-hydroxylation sites is 2. The highest BCUT2D eigenvalue weighted by atomic mass is 16.4. The van der Waals surface area contributed by atoms with E-state index in [9.17, 15) is 19.2 Å². The van der Waals surface area contributed by atoms with Crippen LogP contribution in [0.5, 0.6) is 0 Å². The predicted molar refractivity (Wildman–Crippen MR) is 141 cm³/mol. The summed E-state index contributed by atoms with van der Waals surface area (Å²) in [4.78, 5) is 59.5. The summed E-state index contributed by atoms with van der Waals surface area (Å²) in [7, 11) is 0. The molecule has 1 atom stereocenters. The van der Waals surface area contributed by atoms with E-state index in [-0.39, 0.29) is 5.69 Å². The van der Waals surface area contributed by atoms with Crippen molar-refractivity contribution < 1.29 is 24.3 Å². The standard InChI is InChI=1S/C28H23N5O5/c34-23(29-15-24(35)36)16-33-22-13-7-5-11-19(22)25(17-8-2-1-3-9-17)31-26(28(33)38)32-27(37)21-14-18-10-4-6-12-20(18)30-21/h1-14,26,30H,15-16H2,(H,29,34)(H,32,37)(H,35,36)/t26-/m1/s1. The Balaban J connectivity index is 1.54. The number of anilines is 1. The number of aliphatic carboxylic acids is 1. The van der Waals surface area contributed by atoms with Crippen molar-refractivity contribution in [2.24, 2.45) is 4.99 Å². The van der Waals surface area contributed by atoms with E-state index in [1.807, 2.05) is 54.6 Å². The lowest BCUT2D eigenvalue weighted by molar-refractivity contribution is -0.137. The van der Waals surface area contributed by atoms with Crippen molar-refractivity contribution in [3.05, 3.63) is 102 Å². The van der Waals surface area contributed by atoms with E-state index < -0.39 is 42.9 Å². The van der Waals surface area contributed by atoms with Gasteiger partial charge >= 0.3 is 5.97 Å². The third-order valence-electron chi connectivity index (χ3n) is 6.04. The molecule has 4 aromatic rings. The summed E-state index contributed by atoms with van der Waals surface area (Å²) in [6, 6.07) is 25.2. The molecule has 3 amide bonds. The Bertz CT molecular complexity index is 1540. The number of aromatic nitrogens is 1. The lowest BCUT2D eigenvalue weighted by atomic mass is 10.0. The Labute approximate surface area is 217 Å². The number of nitrogens with one attached hydrogen (secondary N) is 3. The number of carbonyl (C=O) groups excluding carboxylic acids is 3. The summed E-state index contributed by atoms with van der Waals surface area (Å²) in [5.74, 6) is -3.06. The number of carbonyl (C=O) groups is 4. The number of carboxylic acid groups (broad SMARTS) is 1. The Morgan fingerprint density at radius 2 is 1.66 bits per heavy atom. The van der Waals surface area contributed by atoms with Crippen LogP contribution in [0.4, 0.5) is 5.69 Å². The summed E-state index contributed by atoms with van der Waals surface area (Å²) in [6.07, 6.45) is -1.36. The fourth-order valence-electron chi connectivity index (χ4n) is 4.28. The van der Waals surface area contributed by atoms with Gasteiger partial charge in [-0.1, -0.05) is 66.7 Å². The molecule has 3 aromatic carbocycles. The average Bonchev–Trinajstić information content (AvgIpc) is 3.33. The Morgan fingerprint density at radius 1 is 0.947 bits per heavy atom. The molecular weight excluding hydrogens is 486 g/mol. The number of hydrogen-bond donors (Lipinski definition) is 4. The summed E-state index contributed by atoms with van der Waals surface area (Å²) in [6.45, 7) is -1.05. The number of benzodiazepines with no additional fused rings is 1. The molecular formula is C28H23N5O5. The fourth-order valence-corrected chi connectivity index (χ4v) is 4.28. The predicted octanol–water partition coefficient (Wildman–Crippen LogP) is 2.31. The molecule has 190 valence electrons. The SMILES string of the molecule is O=C(O)CNC(=O)CN1C(=O)[C@@H](NC(=O)c2cc3ccccc3[nH]2)N=C(c2ccccc2)c2ccccc21. The molecule has 5 rings (SSSR count). The van der Waals surface area contributed by atoms with Crippen LogP contribution in [0, 0.1) is 0 Å². The maximum Gasteiger partial charge on any atom is 0.322 e. The first-order valence-corrected chi connectivity index (χ1v) is 11.8. The Hall–Kier alpha value is -5.25. The molecule has 0 radical (unpaired) electrons. The minimum absolute atomic E-state index is 0.253. The number of carboxylic acids is 1. The van der Waals surface area contributed by atoms with Crippen molar-refractivity contribution in [2.45, 2.75) is 6.17 Å². The van der Waals surface area contributed by atoms with Gasteiger partial charge in [-0.05, 0) is 18.2 Å². The molecule has 0 unspecified atom stereocenters. The van der Waals surface area contributed by atoms with Gasteiger partial charge in [0.15, 0.2) is 0 Å². The maximum absolute atomic E-state index is 13.8. The first kappa shape index (κ1) is 24.4. The molecule has 0 bridgehead atoms. The summed E-state index contributed by atoms with van der Waals surface area (Å²) in [5.41, 5.74) is 3.19. The van der Waals surface area contributed by atoms with Crippen molar-refractivity contribution in [2.75, 3.05) is 18.0 Å². The van der Waals surface area contributed by atoms with Gasteiger partial charge in [0, 0.05) is 22.0 Å². The van der Waals surface area contributed by atoms with E-state index in [2.05, 4.69) is 20.6 Å². The zero-order valence-electron chi connectivity index (χ0n) is 20.0. The van der Waals surface area contributed by atoms with Gasteiger partial charge in [-0.2, -0.15) is 0 Å². The number of aliphatic imine (C=N–C) groups is 1. The molecule has 1 aliphatic heterocycles. The lowest BCUT2D eigenvalue weighted by Gasteiger charge is -2.24. The number of hydrogen-bond acceptors (Lipinski definition) is 5. The zero-order valence-corrected chi connectivity index (χ0v) is 20.0. The van der Waals surface area contributed by atoms with Gasteiger partial charge in [0.1, 0.15) is 18.8 Å². The highest BCUT2D eigenvalue weighted by molar-refractivity contribution is 6.21. The first-order chi connectivity index (χ1) is 18.4. The zero-order chi connectivity index (χ0) is 26.6. The Kier molecular flexibility index (Phi) is 6.68. The number of rotatable bonds is 7. The van der Waals surface area contributed by atoms with Gasteiger partial charge in [-0.3, -0.25) is 24.1 Å². The van der Waals surface area contributed by atoms with Crippen LogP contribution in [-0.2, 0) is 14.4 Å². The van der Waals surface area contributed by atoms with Gasteiger partial charge in [-0.25, -0.2) is 4.99 Å². The second-order valence-corrected chi connectivity index (χ2v) is 8.60. The van der Waals surface area contributed by atoms with Gasteiger partial charge in [0.2, 0.25) is 12.1 Å². The second-order valence-electron chi connectivity index (χ2n) is 8.60. The molecule has 0 saturated heterocycles. The maximum atomic E-state index is 13.8. The highest BCUT2D eigenvalue weighted by Gasteiger charge is 2.34. The van der Waals surface area contributed by atoms with Crippen LogP contribution in [0.3, 0.4) is 0 Å². The number of nitrogens with zero attached hydrogens (tertiary/aromatic N) is 2. The van der Waals surface area contributed by atoms with Gasteiger partial charge < -0.3 is 20.7 Å². The summed E-state index contributed by atoms with van der Waals surface area (Å²) >= 11 is 0. The van der Waals surface area contributed by atoms with Crippen molar-refractivity contribution in [3.8, 4) is 0 Å². The molecule has 38 heavy (non-hydrogen) atoms. The summed E-state index contributed by atoms with van der Waals surface area (Å²) < 4.78 is 0. The van der Waals surface area contributed by atoms with Crippen molar-refractivity contribution in [1.29, 1.82) is 0 Å². The third-order valence-corrected chi connectivity index (χ3v) is 6.04. The molecule has 0 aliphatic carbocycles. The molecule has 1 aliphatic rings. The molecule has 10 heteroatoms. The molecule has 0 fully saturated rings. The largest absolute Gasteiger partial charge is 0.480 e. The number of benzene rings is 3. The van der Waals surface area contributed by atoms with Gasteiger partial charge in [0.05, 0.1) is 11.4 Å². The minimum atomic E-state index is -1.36. The normalized spacial score (nSPS) is 14.8. The van der Waals surface area contributed by atoms with Gasteiger partial charge in [-0.15, -0.1) is 0 Å². The quantitative estimate of drug-likeness (QED) is 0.302. The average molecular weight is 510 g/mol. The highest BCUT2D eigenvalue weighted by Crippen LogP contribution is 2.28. The third kappa shape index (κ3) is 5.00. The van der Waals surface area contributed by atoms with E-state index in [4.69, 9.17) is 5.11 Å². The van der Waals surface area contributed by atoms with Crippen LogP contribution in [0.15, 0.2) is 89.9 Å². The molecule has 0 spiro atoms. The van der Waals surface area contributed by atoms with Crippen molar-refractivity contribution in [3.63, 3.8) is 0 Å². The molecule has 0 saturated carbocycles. The number of amides is 3. The molecule has 2 heterocycles. The van der Waals surface area contributed by atoms with E-state index in [0.29, 0.717) is 17.0 Å². The van der Waals surface area contributed by atoms with Gasteiger partial charge in [0.25, 0.3) is 11.8 Å². The monoisotopic (exact) mass is 509 g/mol. The molecule has 1 aromatic heterocycles. The topological polar surface area (TPSA) is 144 Å². The van der Waals surface area contributed by atoms with Crippen molar-refractivity contribution in [1.82, 2.24) is 15.6 Å². The number of aromatic amines is 1. The van der Waals surface area contributed by atoms with E-state index in [0.717, 1.165) is 16.5 Å². The summed E-state index contributed by atoms with van der Waals surface area (Å²) in [5, 5.41) is 14.7. The first-order valence-electron chi connectivity index (χ1n) is 11.8. The minimum Gasteiger partial charge on any atom is -0.480 e. The smallest absolute Gasteiger partial charge is 0.322 e. The number of H-pyrrole nitrogens is 1. The second kappa shape index (κ2) is 10.4. The van der Waals surface area contributed by atoms with Crippen molar-refractivity contribution >= 4 is 46.0 Å². The lowest BCUT2D eigenvalue weighted by Crippen LogP contribution is -2.50. The van der Waals surface area contributed by atoms with E-state index in [1.54, 1.807) is 30.3 Å². The van der Waals surface area contributed by atoms with Crippen LogP contribution in [0.25, 0.3) is 10.9 Å². The van der Waals surface area contributed by atoms with Crippen LogP contribution < -0.4 is 15.5 Å². The molecule has 10 nitrogen and oxygen atoms in total. The Morgan fingerprint density at radius 3 is 2.42 bits per heavy atom. The van der Waals surface area contributed by atoms with Crippen LogP contribution >= 0.6 is 0 Å².